The van der Waals surface area contributed by atoms with Gasteiger partial charge in [-0.3, -0.25) is 0 Å². The van der Waals surface area contributed by atoms with E-state index in [2.05, 4.69) is 56.4 Å². The first-order chi connectivity index (χ1) is 10.2. The van der Waals surface area contributed by atoms with Crippen LogP contribution in [-0.2, 0) is 25.8 Å². The first kappa shape index (κ1) is 16.2. The number of benzene rings is 1. The van der Waals surface area contributed by atoms with Gasteiger partial charge in [-0.2, -0.15) is 0 Å². The zero-order chi connectivity index (χ0) is 15.1. The van der Waals surface area contributed by atoms with Crippen LogP contribution >= 0.6 is 11.3 Å². The Hall–Kier alpha value is -1.19. The van der Waals surface area contributed by atoms with Crippen LogP contribution in [0.15, 0.2) is 30.3 Å². The van der Waals surface area contributed by atoms with E-state index in [1.54, 1.807) is 0 Å². The maximum absolute atomic E-state index is 4.82. The minimum absolute atomic E-state index is 0.695. The highest BCUT2D eigenvalue weighted by atomic mass is 32.1. The molecule has 1 aromatic carbocycles. The van der Waals surface area contributed by atoms with Gasteiger partial charge in [0.25, 0.3) is 0 Å². The van der Waals surface area contributed by atoms with Gasteiger partial charge in [0.15, 0.2) is 0 Å². The largest absolute Gasteiger partial charge is 0.312 e. The number of aromatic nitrogens is 1. The Kier molecular flexibility index (Phi) is 6.40. The quantitative estimate of drug-likeness (QED) is 0.789. The van der Waals surface area contributed by atoms with E-state index >= 15 is 0 Å². The van der Waals surface area contributed by atoms with Crippen molar-refractivity contribution in [2.24, 2.45) is 5.92 Å². The summed E-state index contributed by atoms with van der Waals surface area (Å²) in [5, 5.41) is 4.81. The first-order valence-corrected chi connectivity index (χ1v) is 8.72. The third-order valence-corrected chi connectivity index (χ3v) is 4.62. The smallest absolute Gasteiger partial charge is 0.0934 e. The Balaban J connectivity index is 1.93. The van der Waals surface area contributed by atoms with Crippen LogP contribution in [0.25, 0.3) is 0 Å². The van der Waals surface area contributed by atoms with E-state index < -0.39 is 0 Å². The molecule has 0 spiro atoms. The van der Waals surface area contributed by atoms with Crippen molar-refractivity contribution in [3.05, 3.63) is 51.5 Å². The van der Waals surface area contributed by atoms with E-state index in [1.807, 2.05) is 11.3 Å². The van der Waals surface area contributed by atoms with Crippen LogP contribution in [0.3, 0.4) is 0 Å². The van der Waals surface area contributed by atoms with Crippen molar-refractivity contribution in [2.45, 2.75) is 46.6 Å². The molecule has 0 fully saturated rings. The van der Waals surface area contributed by atoms with Gasteiger partial charge in [-0.05, 0) is 30.9 Å². The Labute approximate surface area is 132 Å². The number of hydrogen-bond acceptors (Lipinski definition) is 3. The molecule has 0 saturated heterocycles. The molecule has 0 atom stereocenters. The molecule has 0 aliphatic carbocycles. The second-order valence-electron chi connectivity index (χ2n) is 5.84. The number of nitrogens with zero attached hydrogens (tertiary/aromatic N) is 1. The van der Waals surface area contributed by atoms with Gasteiger partial charge in [0.05, 0.1) is 10.7 Å². The normalized spacial score (nSPS) is 11.2. The third-order valence-electron chi connectivity index (χ3n) is 3.47. The SMILES string of the molecule is CCc1nc(CCc2ccccc2)sc1CNCC(C)C. The standard InChI is InChI=1S/C18H26N2S/c1-4-16-17(13-19-12-14(2)3)21-18(20-16)11-10-15-8-6-5-7-9-15/h5-9,14,19H,4,10-13H2,1-3H3. The molecule has 0 amide bonds. The molecule has 2 rings (SSSR count). The lowest BCUT2D eigenvalue weighted by Crippen LogP contribution is -2.18. The minimum Gasteiger partial charge on any atom is -0.312 e. The average Bonchev–Trinajstić information content (AvgIpc) is 2.88. The Bertz CT molecular complexity index is 531. The van der Waals surface area contributed by atoms with Gasteiger partial charge in [0.1, 0.15) is 0 Å². The van der Waals surface area contributed by atoms with Gasteiger partial charge in [-0.1, -0.05) is 51.1 Å². The fraction of sp³-hybridized carbons (Fsp3) is 0.500. The van der Waals surface area contributed by atoms with Crippen LogP contribution in [0.5, 0.6) is 0 Å². The molecule has 0 aliphatic rings. The fourth-order valence-corrected chi connectivity index (χ4v) is 3.45. The summed E-state index contributed by atoms with van der Waals surface area (Å²) in [6.07, 6.45) is 3.16. The van der Waals surface area contributed by atoms with Crippen molar-refractivity contribution < 1.29 is 0 Å². The summed E-state index contributed by atoms with van der Waals surface area (Å²) < 4.78 is 0. The molecule has 0 bridgehead atoms. The van der Waals surface area contributed by atoms with E-state index in [1.165, 1.54) is 21.1 Å². The molecule has 2 aromatic rings. The van der Waals surface area contributed by atoms with E-state index in [-0.39, 0.29) is 0 Å². The van der Waals surface area contributed by atoms with Crippen molar-refractivity contribution in [3.63, 3.8) is 0 Å². The summed E-state index contributed by atoms with van der Waals surface area (Å²) in [4.78, 5) is 6.24. The van der Waals surface area contributed by atoms with Crippen LogP contribution in [-0.4, -0.2) is 11.5 Å². The van der Waals surface area contributed by atoms with Gasteiger partial charge in [0.2, 0.25) is 0 Å². The van der Waals surface area contributed by atoms with E-state index in [9.17, 15) is 0 Å². The summed E-state index contributed by atoms with van der Waals surface area (Å²) in [5.74, 6) is 0.695. The van der Waals surface area contributed by atoms with Crippen LogP contribution in [0.1, 0.15) is 41.9 Å². The van der Waals surface area contributed by atoms with Gasteiger partial charge in [-0.25, -0.2) is 4.98 Å². The lowest BCUT2D eigenvalue weighted by atomic mass is 10.1. The molecule has 1 N–H and O–H groups in total. The Morgan fingerprint density at radius 1 is 1.14 bits per heavy atom. The van der Waals surface area contributed by atoms with Gasteiger partial charge >= 0.3 is 0 Å². The zero-order valence-electron chi connectivity index (χ0n) is 13.4. The van der Waals surface area contributed by atoms with Crippen molar-refractivity contribution in [3.8, 4) is 0 Å². The van der Waals surface area contributed by atoms with Crippen molar-refractivity contribution in [1.82, 2.24) is 10.3 Å². The molecule has 1 heterocycles. The second kappa shape index (κ2) is 8.30. The van der Waals surface area contributed by atoms with Gasteiger partial charge < -0.3 is 5.32 Å². The molecule has 114 valence electrons. The summed E-state index contributed by atoms with van der Waals surface area (Å²) in [5.41, 5.74) is 2.67. The highest BCUT2D eigenvalue weighted by Gasteiger charge is 2.09. The zero-order valence-corrected chi connectivity index (χ0v) is 14.2. The Morgan fingerprint density at radius 3 is 2.57 bits per heavy atom. The van der Waals surface area contributed by atoms with Crippen molar-refractivity contribution in [2.75, 3.05) is 6.54 Å². The van der Waals surface area contributed by atoms with E-state index in [0.29, 0.717) is 5.92 Å². The highest BCUT2D eigenvalue weighted by molar-refractivity contribution is 7.11. The molecular weight excluding hydrogens is 276 g/mol. The van der Waals surface area contributed by atoms with Crippen molar-refractivity contribution >= 4 is 11.3 Å². The number of thiazole rings is 1. The van der Waals surface area contributed by atoms with E-state index in [0.717, 1.165) is 32.4 Å². The van der Waals surface area contributed by atoms with Crippen molar-refractivity contribution in [1.29, 1.82) is 0 Å². The molecule has 0 unspecified atom stereocenters. The predicted octanol–water partition coefficient (Wildman–Crippen LogP) is 4.24. The maximum Gasteiger partial charge on any atom is 0.0934 e. The second-order valence-corrected chi connectivity index (χ2v) is 7.01. The van der Waals surface area contributed by atoms with Crippen LogP contribution < -0.4 is 5.32 Å². The topological polar surface area (TPSA) is 24.9 Å². The summed E-state index contributed by atoms with van der Waals surface area (Å²) in [7, 11) is 0. The number of rotatable bonds is 8. The number of nitrogens with one attached hydrogen (secondary N) is 1. The maximum atomic E-state index is 4.82. The summed E-state index contributed by atoms with van der Waals surface area (Å²) >= 11 is 1.88. The molecule has 2 nitrogen and oxygen atoms in total. The number of hydrogen-bond donors (Lipinski definition) is 1. The lowest BCUT2D eigenvalue weighted by molar-refractivity contribution is 0.553. The number of aryl methyl sites for hydroxylation is 3. The predicted molar refractivity (Wildman–Crippen MR) is 91.9 cm³/mol. The molecule has 0 radical (unpaired) electrons. The molecule has 0 aliphatic heterocycles. The molecular formula is C18H26N2S. The van der Waals surface area contributed by atoms with Crippen LogP contribution in [0.4, 0.5) is 0 Å². The monoisotopic (exact) mass is 302 g/mol. The minimum atomic E-state index is 0.695. The highest BCUT2D eigenvalue weighted by Crippen LogP contribution is 2.21. The molecule has 21 heavy (non-hydrogen) atoms. The summed E-state index contributed by atoms with van der Waals surface area (Å²) in [6.45, 7) is 8.71. The fourth-order valence-electron chi connectivity index (χ4n) is 2.33. The first-order valence-electron chi connectivity index (χ1n) is 7.91. The average molecular weight is 302 g/mol. The van der Waals surface area contributed by atoms with Gasteiger partial charge in [0, 0.05) is 17.8 Å². The van der Waals surface area contributed by atoms with Crippen LogP contribution in [0, 0.1) is 5.92 Å². The molecule has 0 saturated carbocycles. The Morgan fingerprint density at radius 2 is 1.90 bits per heavy atom. The lowest BCUT2D eigenvalue weighted by Gasteiger charge is -2.06. The summed E-state index contributed by atoms with van der Waals surface area (Å²) in [6, 6.07) is 10.7. The van der Waals surface area contributed by atoms with E-state index in [4.69, 9.17) is 4.98 Å². The van der Waals surface area contributed by atoms with Gasteiger partial charge in [-0.15, -0.1) is 11.3 Å². The third kappa shape index (κ3) is 5.25. The molecule has 3 heteroatoms. The molecule has 1 aromatic heterocycles. The van der Waals surface area contributed by atoms with Crippen LogP contribution in [0.2, 0.25) is 0 Å².